The first kappa shape index (κ1) is 14.7. The molecule has 0 heterocycles. The van der Waals surface area contributed by atoms with Crippen molar-refractivity contribution in [3.8, 4) is 0 Å². The average Bonchev–Trinajstić information content (AvgIpc) is 3.11. The van der Waals surface area contributed by atoms with E-state index in [2.05, 4.69) is 10.0 Å². The van der Waals surface area contributed by atoms with Gasteiger partial charge in [0, 0.05) is 19.0 Å². The fourth-order valence-corrected chi connectivity index (χ4v) is 2.93. The molecule has 0 aromatic heterocycles. The zero-order chi connectivity index (χ0) is 14.8. The summed E-state index contributed by atoms with van der Waals surface area (Å²) >= 11 is 0. The Morgan fingerprint density at radius 3 is 2.70 bits per heavy atom. The number of anilines is 1. The Labute approximate surface area is 116 Å². The van der Waals surface area contributed by atoms with E-state index in [4.69, 9.17) is 5.73 Å². The highest BCUT2D eigenvalue weighted by Gasteiger charge is 2.24. The monoisotopic (exact) mass is 301 g/mol. The molecule has 110 valence electrons. The SMILES string of the molecule is Nc1cccc(F)c1S(=O)(=O)NCCC(=O)NC1CC1. The van der Waals surface area contributed by atoms with Crippen LogP contribution in [0.15, 0.2) is 23.1 Å². The third-order valence-electron chi connectivity index (χ3n) is 2.85. The molecule has 1 aliphatic carbocycles. The second-order valence-corrected chi connectivity index (χ2v) is 6.35. The van der Waals surface area contributed by atoms with Crippen LogP contribution in [0.3, 0.4) is 0 Å². The van der Waals surface area contributed by atoms with Gasteiger partial charge in [-0.1, -0.05) is 6.07 Å². The number of nitrogens with one attached hydrogen (secondary N) is 2. The molecule has 0 spiro atoms. The van der Waals surface area contributed by atoms with E-state index in [1.807, 2.05) is 0 Å². The summed E-state index contributed by atoms with van der Waals surface area (Å²) in [6.45, 7) is -0.103. The van der Waals surface area contributed by atoms with Gasteiger partial charge in [-0.25, -0.2) is 17.5 Å². The average molecular weight is 301 g/mol. The highest BCUT2D eigenvalue weighted by molar-refractivity contribution is 7.89. The number of rotatable bonds is 6. The van der Waals surface area contributed by atoms with E-state index >= 15 is 0 Å². The van der Waals surface area contributed by atoms with Gasteiger partial charge in [0.15, 0.2) is 0 Å². The lowest BCUT2D eigenvalue weighted by molar-refractivity contribution is -0.121. The molecule has 8 heteroatoms. The summed E-state index contributed by atoms with van der Waals surface area (Å²) in [7, 11) is -4.06. The van der Waals surface area contributed by atoms with Crippen molar-refractivity contribution >= 4 is 21.6 Å². The molecule has 0 atom stereocenters. The fourth-order valence-electron chi connectivity index (χ4n) is 1.71. The van der Waals surface area contributed by atoms with Crippen molar-refractivity contribution in [2.24, 2.45) is 0 Å². The van der Waals surface area contributed by atoms with Crippen LogP contribution in [-0.4, -0.2) is 26.9 Å². The molecule has 2 rings (SSSR count). The molecule has 1 aliphatic rings. The summed E-state index contributed by atoms with van der Waals surface area (Å²) in [6.07, 6.45) is 1.93. The van der Waals surface area contributed by atoms with Gasteiger partial charge in [0.05, 0.1) is 5.69 Å². The molecule has 0 radical (unpaired) electrons. The fraction of sp³-hybridized carbons (Fsp3) is 0.417. The van der Waals surface area contributed by atoms with Crippen LogP contribution >= 0.6 is 0 Å². The van der Waals surface area contributed by atoms with Crippen molar-refractivity contribution in [2.75, 3.05) is 12.3 Å². The van der Waals surface area contributed by atoms with Crippen LogP contribution in [0.25, 0.3) is 0 Å². The number of carbonyl (C=O) groups is 1. The number of hydrogen-bond donors (Lipinski definition) is 3. The second kappa shape index (κ2) is 5.76. The summed E-state index contributed by atoms with van der Waals surface area (Å²) in [5, 5.41) is 2.73. The van der Waals surface area contributed by atoms with Gasteiger partial charge < -0.3 is 11.1 Å². The van der Waals surface area contributed by atoms with E-state index in [0.717, 1.165) is 18.9 Å². The van der Waals surface area contributed by atoms with E-state index < -0.39 is 20.7 Å². The highest BCUT2D eigenvalue weighted by atomic mass is 32.2. The third kappa shape index (κ3) is 3.67. The maximum atomic E-state index is 13.5. The molecule has 1 amide bonds. The van der Waals surface area contributed by atoms with Gasteiger partial charge in [0.2, 0.25) is 15.9 Å². The quantitative estimate of drug-likeness (QED) is 0.660. The number of halogens is 1. The van der Waals surface area contributed by atoms with Crippen molar-refractivity contribution in [1.82, 2.24) is 10.0 Å². The Morgan fingerprint density at radius 2 is 2.10 bits per heavy atom. The minimum absolute atomic E-state index is 0.00405. The predicted octanol–water partition coefficient (Wildman–Crippen LogP) is 0.355. The van der Waals surface area contributed by atoms with Crippen molar-refractivity contribution in [2.45, 2.75) is 30.2 Å². The minimum atomic E-state index is -4.06. The van der Waals surface area contributed by atoms with E-state index in [1.54, 1.807) is 0 Å². The number of sulfonamides is 1. The van der Waals surface area contributed by atoms with E-state index in [1.165, 1.54) is 12.1 Å². The normalized spacial score (nSPS) is 15.1. The smallest absolute Gasteiger partial charge is 0.245 e. The standard InChI is InChI=1S/C12H16FN3O3S/c13-9-2-1-3-10(14)12(9)20(18,19)15-7-6-11(17)16-8-4-5-8/h1-3,8,15H,4-7,14H2,(H,16,17). The molecule has 1 fully saturated rings. The van der Waals surface area contributed by atoms with Gasteiger partial charge in [0.25, 0.3) is 0 Å². The number of carbonyl (C=O) groups excluding carboxylic acids is 1. The molecule has 6 nitrogen and oxygen atoms in total. The third-order valence-corrected chi connectivity index (χ3v) is 4.41. The molecule has 0 unspecified atom stereocenters. The predicted molar refractivity (Wildman–Crippen MR) is 71.8 cm³/mol. The maximum absolute atomic E-state index is 13.5. The first-order valence-corrected chi connectivity index (χ1v) is 7.71. The summed E-state index contributed by atoms with van der Waals surface area (Å²) < 4.78 is 39.6. The van der Waals surface area contributed by atoms with Gasteiger partial charge in [-0.2, -0.15) is 0 Å². The van der Waals surface area contributed by atoms with Crippen LogP contribution in [0.1, 0.15) is 19.3 Å². The molecule has 1 saturated carbocycles. The molecule has 1 aromatic rings. The lowest BCUT2D eigenvalue weighted by Gasteiger charge is -2.09. The number of nitrogens with two attached hydrogens (primary N) is 1. The van der Waals surface area contributed by atoms with E-state index in [0.29, 0.717) is 0 Å². The Kier molecular flexibility index (Phi) is 4.24. The van der Waals surface area contributed by atoms with Crippen LogP contribution in [0.4, 0.5) is 10.1 Å². The molecule has 1 aromatic carbocycles. The Bertz CT molecular complexity index is 594. The molecule has 4 N–H and O–H groups in total. The number of amides is 1. The van der Waals surface area contributed by atoms with Gasteiger partial charge in [-0.3, -0.25) is 4.79 Å². The summed E-state index contributed by atoms with van der Waals surface area (Å²) in [5.74, 6) is -1.14. The summed E-state index contributed by atoms with van der Waals surface area (Å²) in [5.41, 5.74) is 5.31. The van der Waals surface area contributed by atoms with Crippen LogP contribution in [0, 0.1) is 5.82 Å². The highest BCUT2D eigenvalue weighted by Crippen LogP contribution is 2.21. The van der Waals surface area contributed by atoms with Crippen LogP contribution in [-0.2, 0) is 14.8 Å². The Hall–Kier alpha value is -1.67. The Balaban J connectivity index is 1.95. The van der Waals surface area contributed by atoms with Crippen LogP contribution < -0.4 is 15.8 Å². The van der Waals surface area contributed by atoms with Crippen molar-refractivity contribution in [3.63, 3.8) is 0 Å². The van der Waals surface area contributed by atoms with Gasteiger partial charge >= 0.3 is 0 Å². The topological polar surface area (TPSA) is 101 Å². The van der Waals surface area contributed by atoms with E-state index in [-0.39, 0.29) is 30.6 Å². The summed E-state index contributed by atoms with van der Waals surface area (Å²) in [4.78, 5) is 10.8. The first-order chi connectivity index (χ1) is 9.40. The first-order valence-electron chi connectivity index (χ1n) is 6.23. The number of nitrogen functional groups attached to an aromatic ring is 1. The molecule has 0 saturated heterocycles. The van der Waals surface area contributed by atoms with Crippen molar-refractivity contribution < 1.29 is 17.6 Å². The van der Waals surface area contributed by atoms with Crippen molar-refractivity contribution in [3.05, 3.63) is 24.0 Å². The zero-order valence-electron chi connectivity index (χ0n) is 10.7. The maximum Gasteiger partial charge on any atom is 0.245 e. The molecular weight excluding hydrogens is 285 g/mol. The Morgan fingerprint density at radius 1 is 1.40 bits per heavy atom. The molecule has 0 aliphatic heterocycles. The molecule has 20 heavy (non-hydrogen) atoms. The number of benzene rings is 1. The van der Waals surface area contributed by atoms with Gasteiger partial charge in [-0.15, -0.1) is 0 Å². The lowest BCUT2D eigenvalue weighted by atomic mass is 10.3. The van der Waals surface area contributed by atoms with Crippen LogP contribution in [0.5, 0.6) is 0 Å². The largest absolute Gasteiger partial charge is 0.398 e. The zero-order valence-corrected chi connectivity index (χ0v) is 11.5. The minimum Gasteiger partial charge on any atom is -0.398 e. The second-order valence-electron chi connectivity index (χ2n) is 4.65. The van der Waals surface area contributed by atoms with E-state index in [9.17, 15) is 17.6 Å². The van der Waals surface area contributed by atoms with Crippen molar-refractivity contribution in [1.29, 1.82) is 0 Å². The van der Waals surface area contributed by atoms with Gasteiger partial charge in [0.1, 0.15) is 10.7 Å². The van der Waals surface area contributed by atoms with Gasteiger partial charge in [-0.05, 0) is 25.0 Å². The lowest BCUT2D eigenvalue weighted by Crippen LogP contribution is -2.32. The summed E-state index contributed by atoms with van der Waals surface area (Å²) in [6, 6.07) is 3.87. The number of hydrogen-bond acceptors (Lipinski definition) is 4. The molecule has 0 bridgehead atoms. The van der Waals surface area contributed by atoms with Crippen LogP contribution in [0.2, 0.25) is 0 Å². The molecular formula is C12H16FN3O3S.